The number of carbonyl (C=O) groups excluding carboxylic acids is 2. The van der Waals surface area contributed by atoms with Crippen LogP contribution in [0, 0.1) is 13.8 Å². The van der Waals surface area contributed by atoms with Crippen LogP contribution in [0.5, 0.6) is 5.75 Å². The molecule has 6 heteroatoms. The van der Waals surface area contributed by atoms with Crippen molar-refractivity contribution in [3.8, 4) is 5.75 Å². The average molecular weight is 507 g/mol. The second kappa shape index (κ2) is 12.1. The lowest BCUT2D eigenvalue weighted by atomic mass is 10.0. The number of halogens is 1. The lowest BCUT2D eigenvalue weighted by Crippen LogP contribution is -2.55. The van der Waals surface area contributed by atoms with E-state index in [-0.39, 0.29) is 25.0 Å². The Labute approximate surface area is 219 Å². The van der Waals surface area contributed by atoms with Gasteiger partial charge >= 0.3 is 0 Å². The number of hydrogen-bond acceptors (Lipinski definition) is 3. The fourth-order valence-electron chi connectivity index (χ4n) is 3.92. The maximum Gasteiger partial charge on any atom is 0.261 e. The van der Waals surface area contributed by atoms with Gasteiger partial charge in [0, 0.05) is 23.5 Å². The van der Waals surface area contributed by atoms with Crippen LogP contribution in [0.25, 0.3) is 0 Å². The van der Waals surface area contributed by atoms with Crippen LogP contribution in [0.4, 0.5) is 0 Å². The summed E-state index contributed by atoms with van der Waals surface area (Å²) in [5, 5.41) is 3.64. The van der Waals surface area contributed by atoms with Crippen molar-refractivity contribution in [3.05, 3.63) is 100 Å². The van der Waals surface area contributed by atoms with Crippen LogP contribution in [0.15, 0.2) is 72.8 Å². The molecule has 0 aliphatic heterocycles. The molecule has 5 nitrogen and oxygen atoms in total. The van der Waals surface area contributed by atoms with E-state index in [1.807, 2.05) is 101 Å². The van der Waals surface area contributed by atoms with Crippen molar-refractivity contribution in [1.82, 2.24) is 10.2 Å². The highest BCUT2D eigenvalue weighted by atomic mass is 35.5. The van der Waals surface area contributed by atoms with Gasteiger partial charge in [0.25, 0.3) is 5.91 Å². The third kappa shape index (κ3) is 8.13. The van der Waals surface area contributed by atoms with E-state index >= 15 is 0 Å². The standard InChI is InChI=1S/C30H35ClN2O3/c1-21-14-15-22(2)27(16-21)36-20-28(34)33(19-24-12-9-13-25(31)17-24)26(29(35)32-30(3,4)5)18-23-10-7-6-8-11-23/h6-17,26H,18-20H2,1-5H3,(H,32,35)/t26-/m1/s1. The number of amides is 2. The fraction of sp³-hybridized carbons (Fsp3) is 0.333. The van der Waals surface area contributed by atoms with Gasteiger partial charge in [0.05, 0.1) is 0 Å². The van der Waals surface area contributed by atoms with Gasteiger partial charge in [-0.2, -0.15) is 0 Å². The third-order valence-electron chi connectivity index (χ3n) is 5.71. The monoisotopic (exact) mass is 506 g/mol. The first-order valence-corrected chi connectivity index (χ1v) is 12.5. The molecule has 0 saturated carbocycles. The summed E-state index contributed by atoms with van der Waals surface area (Å²) in [6.45, 7) is 9.75. The molecule has 0 aliphatic carbocycles. The molecule has 3 aromatic carbocycles. The zero-order chi connectivity index (χ0) is 26.3. The van der Waals surface area contributed by atoms with Crippen LogP contribution in [0.1, 0.15) is 43.0 Å². The highest BCUT2D eigenvalue weighted by Crippen LogP contribution is 2.21. The number of carbonyl (C=O) groups is 2. The molecule has 1 N–H and O–H groups in total. The molecule has 1 atom stereocenters. The van der Waals surface area contributed by atoms with Crippen LogP contribution < -0.4 is 10.1 Å². The average Bonchev–Trinajstić information content (AvgIpc) is 2.81. The van der Waals surface area contributed by atoms with E-state index in [2.05, 4.69) is 5.32 Å². The van der Waals surface area contributed by atoms with Crippen LogP contribution >= 0.6 is 11.6 Å². The molecule has 0 aromatic heterocycles. The Morgan fingerprint density at radius 2 is 1.64 bits per heavy atom. The van der Waals surface area contributed by atoms with Gasteiger partial charge in [0.1, 0.15) is 11.8 Å². The Hall–Kier alpha value is -3.31. The van der Waals surface area contributed by atoms with Gasteiger partial charge in [0.2, 0.25) is 5.91 Å². The minimum atomic E-state index is -0.736. The molecular weight excluding hydrogens is 472 g/mol. The summed E-state index contributed by atoms with van der Waals surface area (Å²) >= 11 is 6.23. The van der Waals surface area contributed by atoms with E-state index in [1.54, 1.807) is 11.0 Å². The number of aryl methyl sites for hydroxylation is 2. The topological polar surface area (TPSA) is 58.6 Å². The van der Waals surface area contributed by atoms with Crippen molar-refractivity contribution in [2.45, 2.75) is 59.2 Å². The molecular formula is C30H35ClN2O3. The number of nitrogens with zero attached hydrogens (tertiary/aromatic N) is 1. The van der Waals surface area contributed by atoms with Gasteiger partial charge in [-0.25, -0.2) is 0 Å². The molecule has 0 radical (unpaired) electrons. The predicted octanol–water partition coefficient (Wildman–Crippen LogP) is 5.89. The molecule has 190 valence electrons. The van der Waals surface area contributed by atoms with Gasteiger partial charge in [-0.3, -0.25) is 9.59 Å². The Morgan fingerprint density at radius 3 is 2.31 bits per heavy atom. The lowest BCUT2D eigenvalue weighted by molar-refractivity contribution is -0.143. The molecule has 36 heavy (non-hydrogen) atoms. The highest BCUT2D eigenvalue weighted by molar-refractivity contribution is 6.30. The van der Waals surface area contributed by atoms with Crippen molar-refractivity contribution in [3.63, 3.8) is 0 Å². The Kier molecular flexibility index (Phi) is 9.16. The molecule has 0 heterocycles. The Balaban J connectivity index is 1.95. The SMILES string of the molecule is Cc1ccc(C)c(OCC(=O)N(Cc2cccc(Cl)c2)[C@H](Cc2ccccc2)C(=O)NC(C)(C)C)c1. The largest absolute Gasteiger partial charge is 0.483 e. The van der Waals surface area contributed by atoms with E-state index in [9.17, 15) is 9.59 Å². The minimum Gasteiger partial charge on any atom is -0.483 e. The molecule has 0 bridgehead atoms. The first-order chi connectivity index (χ1) is 17.0. The number of hydrogen-bond donors (Lipinski definition) is 1. The van der Waals surface area contributed by atoms with Crippen molar-refractivity contribution in [2.24, 2.45) is 0 Å². The summed E-state index contributed by atoms with van der Waals surface area (Å²) in [4.78, 5) is 28.9. The lowest BCUT2D eigenvalue weighted by Gasteiger charge is -2.34. The summed E-state index contributed by atoms with van der Waals surface area (Å²) in [6, 6.07) is 22.2. The predicted molar refractivity (Wildman–Crippen MR) is 145 cm³/mol. The normalized spacial score (nSPS) is 12.1. The zero-order valence-electron chi connectivity index (χ0n) is 21.7. The Bertz CT molecular complexity index is 1190. The van der Waals surface area contributed by atoms with Gasteiger partial charge < -0.3 is 15.0 Å². The van der Waals surface area contributed by atoms with E-state index < -0.39 is 11.6 Å². The van der Waals surface area contributed by atoms with Crippen molar-refractivity contribution in [1.29, 1.82) is 0 Å². The minimum absolute atomic E-state index is 0.182. The van der Waals surface area contributed by atoms with Crippen molar-refractivity contribution < 1.29 is 14.3 Å². The molecule has 0 saturated heterocycles. The quantitative estimate of drug-likeness (QED) is 0.393. The molecule has 3 aromatic rings. The fourth-order valence-corrected chi connectivity index (χ4v) is 4.14. The smallest absolute Gasteiger partial charge is 0.261 e. The van der Waals surface area contributed by atoms with Gasteiger partial charge in [-0.05, 0) is 75.1 Å². The molecule has 0 aliphatic rings. The Morgan fingerprint density at radius 1 is 0.944 bits per heavy atom. The molecule has 3 rings (SSSR count). The molecule has 0 unspecified atom stereocenters. The number of nitrogens with one attached hydrogen (secondary N) is 1. The summed E-state index contributed by atoms with van der Waals surface area (Å²) in [6.07, 6.45) is 0.374. The summed E-state index contributed by atoms with van der Waals surface area (Å²) in [5.41, 5.74) is 3.34. The van der Waals surface area contributed by atoms with Gasteiger partial charge in [-0.15, -0.1) is 0 Å². The summed E-state index contributed by atoms with van der Waals surface area (Å²) in [5.74, 6) is 0.166. The number of benzene rings is 3. The second-order valence-electron chi connectivity index (χ2n) is 10.2. The highest BCUT2D eigenvalue weighted by Gasteiger charge is 2.32. The van der Waals surface area contributed by atoms with Crippen molar-refractivity contribution in [2.75, 3.05) is 6.61 Å². The molecule has 0 fully saturated rings. The molecule has 0 spiro atoms. The third-order valence-corrected chi connectivity index (χ3v) is 5.94. The van der Waals surface area contributed by atoms with Crippen molar-refractivity contribution >= 4 is 23.4 Å². The summed E-state index contributed by atoms with van der Waals surface area (Å²) in [7, 11) is 0. The maximum absolute atomic E-state index is 13.7. The summed E-state index contributed by atoms with van der Waals surface area (Å²) < 4.78 is 5.95. The van der Waals surface area contributed by atoms with E-state index in [0.29, 0.717) is 17.2 Å². The number of ether oxygens (including phenoxy) is 1. The van der Waals surface area contributed by atoms with E-state index in [4.69, 9.17) is 16.3 Å². The van der Waals surface area contributed by atoms with Crippen LogP contribution in [0.2, 0.25) is 5.02 Å². The van der Waals surface area contributed by atoms with Gasteiger partial charge in [0.15, 0.2) is 6.61 Å². The zero-order valence-corrected chi connectivity index (χ0v) is 22.4. The number of rotatable bonds is 9. The maximum atomic E-state index is 13.7. The van der Waals surface area contributed by atoms with Gasteiger partial charge in [-0.1, -0.05) is 66.2 Å². The molecule has 2 amide bonds. The first kappa shape index (κ1) is 27.3. The van der Waals surface area contributed by atoms with E-state index in [0.717, 1.165) is 22.3 Å². The van der Waals surface area contributed by atoms with Crippen LogP contribution in [-0.2, 0) is 22.6 Å². The van der Waals surface area contributed by atoms with Crippen LogP contribution in [-0.4, -0.2) is 34.9 Å². The van der Waals surface area contributed by atoms with Crippen LogP contribution in [0.3, 0.4) is 0 Å². The first-order valence-electron chi connectivity index (χ1n) is 12.1. The van der Waals surface area contributed by atoms with E-state index in [1.165, 1.54) is 0 Å². The second-order valence-corrected chi connectivity index (χ2v) is 10.6.